The molecular weight excluding hydrogens is 272 g/mol. The van der Waals surface area contributed by atoms with Crippen LogP contribution in [0.2, 0.25) is 0 Å². The van der Waals surface area contributed by atoms with Gasteiger partial charge in [-0.3, -0.25) is 9.78 Å². The summed E-state index contributed by atoms with van der Waals surface area (Å²) in [6, 6.07) is 12.8. The van der Waals surface area contributed by atoms with Crippen LogP contribution in [0, 0.1) is 0 Å². The number of aliphatic hydroxyl groups is 1. The predicted octanol–water partition coefficient (Wildman–Crippen LogP) is 2.02. The minimum absolute atomic E-state index is 0.102. The number of nitrogens with one attached hydrogen (secondary N) is 1. The van der Waals surface area contributed by atoms with Crippen molar-refractivity contribution < 1.29 is 9.90 Å². The van der Waals surface area contributed by atoms with Crippen LogP contribution in [0.15, 0.2) is 59.8 Å². The maximum Gasteiger partial charge on any atom is 0.230 e. The summed E-state index contributed by atoms with van der Waals surface area (Å²) in [6.07, 6.45) is 3.39. The number of carbonyl (C=O) groups is 1. The first-order valence-electron chi connectivity index (χ1n) is 6.27. The largest absolute Gasteiger partial charge is 0.394 e. The van der Waals surface area contributed by atoms with E-state index in [1.165, 1.54) is 11.8 Å². The third-order valence-electron chi connectivity index (χ3n) is 2.74. The SMILES string of the molecule is O=C(CSc1ccncc1)N[C@@H](CO)c1ccccc1. The lowest BCUT2D eigenvalue weighted by molar-refractivity contribution is -0.119. The summed E-state index contributed by atoms with van der Waals surface area (Å²) in [6.45, 7) is -0.115. The van der Waals surface area contributed by atoms with Crippen molar-refractivity contribution in [2.45, 2.75) is 10.9 Å². The van der Waals surface area contributed by atoms with Crippen molar-refractivity contribution in [1.29, 1.82) is 0 Å². The second kappa shape index (κ2) is 7.67. The van der Waals surface area contributed by atoms with Crippen molar-refractivity contribution in [3.05, 3.63) is 60.4 Å². The van der Waals surface area contributed by atoms with E-state index in [9.17, 15) is 9.90 Å². The molecule has 1 aromatic heterocycles. The summed E-state index contributed by atoms with van der Waals surface area (Å²) in [7, 11) is 0. The van der Waals surface area contributed by atoms with E-state index in [4.69, 9.17) is 0 Å². The first-order chi connectivity index (χ1) is 9.79. The van der Waals surface area contributed by atoms with Crippen LogP contribution in [0.5, 0.6) is 0 Å². The molecule has 0 saturated heterocycles. The quantitative estimate of drug-likeness (QED) is 0.798. The van der Waals surface area contributed by atoms with Gasteiger partial charge in [-0.05, 0) is 17.7 Å². The van der Waals surface area contributed by atoms with Crippen LogP contribution < -0.4 is 5.32 Å². The molecule has 0 fully saturated rings. The molecule has 0 aliphatic heterocycles. The fourth-order valence-corrected chi connectivity index (χ4v) is 2.43. The van der Waals surface area contributed by atoms with E-state index >= 15 is 0 Å². The van der Waals surface area contributed by atoms with E-state index in [0.29, 0.717) is 5.75 Å². The van der Waals surface area contributed by atoms with Gasteiger partial charge < -0.3 is 10.4 Å². The Kier molecular flexibility index (Phi) is 5.58. The highest BCUT2D eigenvalue weighted by atomic mass is 32.2. The first-order valence-corrected chi connectivity index (χ1v) is 7.26. The van der Waals surface area contributed by atoms with Crippen molar-refractivity contribution >= 4 is 17.7 Å². The van der Waals surface area contributed by atoms with E-state index in [0.717, 1.165) is 10.5 Å². The molecule has 1 amide bonds. The number of amides is 1. The maximum absolute atomic E-state index is 11.9. The number of hydrogen-bond acceptors (Lipinski definition) is 4. The Labute approximate surface area is 122 Å². The number of hydrogen-bond donors (Lipinski definition) is 2. The lowest BCUT2D eigenvalue weighted by atomic mass is 10.1. The Morgan fingerprint density at radius 2 is 1.90 bits per heavy atom. The fraction of sp³-hybridized carbons (Fsp3) is 0.200. The summed E-state index contributed by atoms with van der Waals surface area (Å²) in [5, 5.41) is 12.2. The molecule has 1 heterocycles. The van der Waals surface area contributed by atoms with E-state index in [2.05, 4.69) is 10.3 Å². The van der Waals surface area contributed by atoms with Gasteiger partial charge in [0.15, 0.2) is 0 Å². The number of aromatic nitrogens is 1. The van der Waals surface area contributed by atoms with Crippen molar-refractivity contribution in [3.63, 3.8) is 0 Å². The summed E-state index contributed by atoms with van der Waals surface area (Å²) in [5.74, 6) is 0.211. The van der Waals surface area contributed by atoms with Crippen molar-refractivity contribution in [3.8, 4) is 0 Å². The molecule has 1 atom stereocenters. The van der Waals surface area contributed by atoms with Crippen LogP contribution in [0.25, 0.3) is 0 Å². The van der Waals surface area contributed by atoms with Gasteiger partial charge >= 0.3 is 0 Å². The number of carbonyl (C=O) groups excluding carboxylic acids is 1. The highest BCUT2D eigenvalue weighted by Crippen LogP contribution is 2.17. The smallest absolute Gasteiger partial charge is 0.230 e. The summed E-state index contributed by atoms with van der Waals surface area (Å²) in [5.41, 5.74) is 0.900. The van der Waals surface area contributed by atoms with Crippen LogP contribution in [0.4, 0.5) is 0 Å². The Morgan fingerprint density at radius 1 is 1.20 bits per heavy atom. The highest BCUT2D eigenvalue weighted by Gasteiger charge is 2.13. The Morgan fingerprint density at radius 3 is 2.55 bits per heavy atom. The highest BCUT2D eigenvalue weighted by molar-refractivity contribution is 8.00. The second-order valence-corrected chi connectivity index (χ2v) is 5.23. The molecule has 0 bridgehead atoms. The Balaban J connectivity index is 1.87. The molecule has 5 heteroatoms. The minimum Gasteiger partial charge on any atom is -0.394 e. The number of benzene rings is 1. The topological polar surface area (TPSA) is 62.2 Å². The van der Waals surface area contributed by atoms with Crippen molar-refractivity contribution in [2.75, 3.05) is 12.4 Å². The van der Waals surface area contributed by atoms with Gasteiger partial charge in [0.1, 0.15) is 0 Å². The fourth-order valence-electron chi connectivity index (χ4n) is 1.74. The van der Waals surface area contributed by atoms with Gasteiger partial charge in [0.2, 0.25) is 5.91 Å². The lowest BCUT2D eigenvalue weighted by Gasteiger charge is -2.16. The van der Waals surface area contributed by atoms with Crippen LogP contribution in [0.1, 0.15) is 11.6 Å². The normalized spacial score (nSPS) is 11.8. The molecule has 0 saturated carbocycles. The zero-order valence-corrected chi connectivity index (χ0v) is 11.7. The number of nitrogens with zero attached hydrogens (tertiary/aromatic N) is 1. The maximum atomic E-state index is 11.9. The lowest BCUT2D eigenvalue weighted by Crippen LogP contribution is -2.32. The summed E-state index contributed by atoms with van der Waals surface area (Å²) < 4.78 is 0. The van der Waals surface area contributed by atoms with E-state index in [1.54, 1.807) is 12.4 Å². The van der Waals surface area contributed by atoms with Gasteiger partial charge in [0.25, 0.3) is 0 Å². The third kappa shape index (κ3) is 4.36. The van der Waals surface area contributed by atoms with Gasteiger partial charge in [-0.15, -0.1) is 11.8 Å². The average Bonchev–Trinajstić information content (AvgIpc) is 2.52. The molecule has 0 spiro atoms. The molecule has 20 heavy (non-hydrogen) atoms. The third-order valence-corrected chi connectivity index (χ3v) is 3.75. The number of pyridine rings is 1. The van der Waals surface area contributed by atoms with E-state index in [-0.39, 0.29) is 18.6 Å². The molecule has 2 rings (SSSR count). The van der Waals surface area contributed by atoms with Crippen LogP contribution >= 0.6 is 11.8 Å². The molecular formula is C15H16N2O2S. The van der Waals surface area contributed by atoms with Gasteiger partial charge in [-0.25, -0.2) is 0 Å². The predicted molar refractivity (Wildman–Crippen MR) is 79.4 cm³/mol. The minimum atomic E-state index is -0.359. The van der Waals surface area contributed by atoms with Gasteiger partial charge in [-0.1, -0.05) is 30.3 Å². The van der Waals surface area contributed by atoms with E-state index in [1.807, 2.05) is 42.5 Å². The molecule has 0 aliphatic rings. The summed E-state index contributed by atoms with van der Waals surface area (Å²) in [4.78, 5) is 16.8. The van der Waals surface area contributed by atoms with Crippen LogP contribution in [-0.4, -0.2) is 28.4 Å². The molecule has 0 unspecified atom stereocenters. The molecule has 1 aromatic carbocycles. The molecule has 0 aliphatic carbocycles. The zero-order chi connectivity index (χ0) is 14.2. The first kappa shape index (κ1) is 14.6. The van der Waals surface area contributed by atoms with Crippen LogP contribution in [0.3, 0.4) is 0 Å². The Hall–Kier alpha value is -1.85. The second-order valence-electron chi connectivity index (χ2n) is 4.18. The average molecular weight is 288 g/mol. The van der Waals surface area contributed by atoms with Gasteiger partial charge in [0.05, 0.1) is 18.4 Å². The standard InChI is InChI=1S/C15H16N2O2S/c18-10-14(12-4-2-1-3-5-12)17-15(19)11-20-13-6-8-16-9-7-13/h1-9,14,18H,10-11H2,(H,17,19)/t14-/m0/s1. The zero-order valence-electron chi connectivity index (χ0n) is 10.9. The molecule has 104 valence electrons. The van der Waals surface area contributed by atoms with Gasteiger partial charge in [-0.2, -0.15) is 0 Å². The van der Waals surface area contributed by atoms with E-state index < -0.39 is 0 Å². The molecule has 2 aromatic rings. The number of aliphatic hydroxyl groups excluding tert-OH is 1. The Bertz CT molecular complexity index is 534. The molecule has 0 radical (unpaired) electrons. The number of thioether (sulfide) groups is 1. The molecule has 2 N–H and O–H groups in total. The monoisotopic (exact) mass is 288 g/mol. The van der Waals surface area contributed by atoms with Crippen LogP contribution in [-0.2, 0) is 4.79 Å². The van der Waals surface area contributed by atoms with Crippen molar-refractivity contribution in [2.24, 2.45) is 0 Å². The number of rotatable bonds is 6. The van der Waals surface area contributed by atoms with Gasteiger partial charge in [0, 0.05) is 17.3 Å². The molecule has 4 nitrogen and oxygen atoms in total. The summed E-state index contributed by atoms with van der Waals surface area (Å²) >= 11 is 1.44. The van der Waals surface area contributed by atoms with Crippen molar-refractivity contribution in [1.82, 2.24) is 10.3 Å².